The molecule has 0 atom stereocenters. The van der Waals surface area contributed by atoms with Crippen molar-refractivity contribution in [2.24, 2.45) is 5.73 Å². The molecule has 0 fully saturated rings. The summed E-state index contributed by atoms with van der Waals surface area (Å²) in [6.07, 6.45) is 3.14. The highest BCUT2D eigenvalue weighted by molar-refractivity contribution is 5.79. The predicted molar refractivity (Wildman–Crippen MR) is 75.1 cm³/mol. The van der Waals surface area contributed by atoms with Crippen LogP contribution >= 0.6 is 0 Å². The Morgan fingerprint density at radius 1 is 1.39 bits per heavy atom. The van der Waals surface area contributed by atoms with Gasteiger partial charge in [-0.05, 0) is 17.5 Å². The molecule has 0 aromatic heterocycles. The molecule has 1 amide bonds. The average molecular weight is 246 g/mol. The van der Waals surface area contributed by atoms with E-state index in [1.807, 2.05) is 29.2 Å². The van der Waals surface area contributed by atoms with Gasteiger partial charge in [0, 0.05) is 19.6 Å². The number of nitrogens with two attached hydrogens (primary N) is 1. The summed E-state index contributed by atoms with van der Waals surface area (Å²) in [5.74, 6) is 0.137. The zero-order valence-electron chi connectivity index (χ0n) is 11.1. The number of carbonyl (C=O) groups excluding carboxylic acids is 1. The maximum absolute atomic E-state index is 12.2. The smallest absolute Gasteiger partial charge is 0.227 e. The normalized spacial score (nSPS) is 10.1. The summed E-state index contributed by atoms with van der Waals surface area (Å²) in [5, 5.41) is 0. The van der Waals surface area contributed by atoms with Crippen LogP contribution in [0.15, 0.2) is 36.9 Å². The fourth-order valence-corrected chi connectivity index (χ4v) is 1.95. The Kier molecular flexibility index (Phi) is 6.15. The van der Waals surface area contributed by atoms with Crippen molar-refractivity contribution >= 4 is 5.91 Å². The lowest BCUT2D eigenvalue weighted by Crippen LogP contribution is -2.33. The highest BCUT2D eigenvalue weighted by Gasteiger charge is 2.13. The average Bonchev–Trinajstić information content (AvgIpc) is 2.39. The first kappa shape index (κ1) is 14.5. The molecule has 0 heterocycles. The Morgan fingerprint density at radius 2 is 2.06 bits per heavy atom. The van der Waals surface area contributed by atoms with Crippen molar-refractivity contribution in [1.29, 1.82) is 0 Å². The number of hydrogen-bond acceptors (Lipinski definition) is 2. The number of nitrogens with zero attached hydrogens (tertiary/aromatic N) is 1. The monoisotopic (exact) mass is 246 g/mol. The summed E-state index contributed by atoms with van der Waals surface area (Å²) in [6, 6.07) is 7.83. The molecule has 1 aromatic rings. The van der Waals surface area contributed by atoms with Crippen LogP contribution in [0.1, 0.15) is 24.5 Å². The largest absolute Gasteiger partial charge is 0.339 e. The molecule has 0 aliphatic heterocycles. The van der Waals surface area contributed by atoms with Gasteiger partial charge in [-0.2, -0.15) is 0 Å². The van der Waals surface area contributed by atoms with Crippen molar-refractivity contribution < 1.29 is 4.79 Å². The fourth-order valence-electron chi connectivity index (χ4n) is 1.95. The van der Waals surface area contributed by atoms with Crippen LogP contribution in [0.3, 0.4) is 0 Å². The van der Waals surface area contributed by atoms with Crippen LogP contribution in [0, 0.1) is 0 Å². The van der Waals surface area contributed by atoms with E-state index in [0.29, 0.717) is 19.5 Å². The third-order valence-corrected chi connectivity index (χ3v) is 2.88. The molecule has 0 unspecified atom stereocenters. The van der Waals surface area contributed by atoms with Crippen molar-refractivity contribution in [2.45, 2.75) is 26.3 Å². The van der Waals surface area contributed by atoms with Crippen molar-refractivity contribution in [3.63, 3.8) is 0 Å². The van der Waals surface area contributed by atoms with Crippen LogP contribution in [0.5, 0.6) is 0 Å². The van der Waals surface area contributed by atoms with E-state index in [-0.39, 0.29) is 5.91 Å². The van der Waals surface area contributed by atoms with Gasteiger partial charge in [0.25, 0.3) is 0 Å². The summed E-state index contributed by atoms with van der Waals surface area (Å²) in [4.78, 5) is 14.0. The van der Waals surface area contributed by atoms with Gasteiger partial charge in [-0.25, -0.2) is 0 Å². The van der Waals surface area contributed by atoms with E-state index in [2.05, 4.69) is 13.5 Å². The molecule has 0 spiro atoms. The molecule has 18 heavy (non-hydrogen) atoms. The first-order valence-corrected chi connectivity index (χ1v) is 6.38. The molecular weight excluding hydrogens is 224 g/mol. The highest BCUT2D eigenvalue weighted by atomic mass is 16.2. The molecule has 2 N–H and O–H groups in total. The standard InChI is InChI=1S/C15H22N2O/c1-3-9-17(10-4-2)15(18)11-13-7-5-6-8-14(13)12-16/h3,5-8H,1,4,9-12,16H2,2H3. The number of amides is 1. The quantitative estimate of drug-likeness (QED) is 0.749. The summed E-state index contributed by atoms with van der Waals surface area (Å²) in [5.41, 5.74) is 7.74. The van der Waals surface area contributed by atoms with Crippen LogP contribution in [-0.2, 0) is 17.8 Å². The Morgan fingerprint density at radius 3 is 2.61 bits per heavy atom. The number of hydrogen-bond donors (Lipinski definition) is 1. The van der Waals surface area contributed by atoms with Crippen molar-refractivity contribution in [1.82, 2.24) is 4.90 Å². The lowest BCUT2D eigenvalue weighted by atomic mass is 10.0. The summed E-state index contributed by atoms with van der Waals surface area (Å²) in [6.45, 7) is 7.61. The fraction of sp³-hybridized carbons (Fsp3) is 0.400. The van der Waals surface area contributed by atoms with Gasteiger partial charge in [0.15, 0.2) is 0 Å². The molecule has 0 saturated carbocycles. The van der Waals surface area contributed by atoms with E-state index in [1.165, 1.54) is 0 Å². The van der Waals surface area contributed by atoms with Gasteiger partial charge in [-0.1, -0.05) is 37.3 Å². The van der Waals surface area contributed by atoms with Gasteiger partial charge in [-0.3, -0.25) is 4.79 Å². The topological polar surface area (TPSA) is 46.3 Å². The van der Waals surface area contributed by atoms with Crippen LogP contribution in [-0.4, -0.2) is 23.9 Å². The van der Waals surface area contributed by atoms with E-state index in [4.69, 9.17) is 5.73 Å². The van der Waals surface area contributed by atoms with Gasteiger partial charge in [-0.15, -0.1) is 6.58 Å². The van der Waals surface area contributed by atoms with E-state index < -0.39 is 0 Å². The van der Waals surface area contributed by atoms with E-state index in [1.54, 1.807) is 6.08 Å². The second-order valence-corrected chi connectivity index (χ2v) is 4.28. The van der Waals surface area contributed by atoms with Gasteiger partial charge >= 0.3 is 0 Å². The molecule has 3 heteroatoms. The minimum atomic E-state index is 0.137. The second kappa shape index (κ2) is 7.67. The van der Waals surface area contributed by atoms with E-state index in [0.717, 1.165) is 24.1 Å². The first-order valence-electron chi connectivity index (χ1n) is 6.38. The molecule has 0 aliphatic carbocycles. The van der Waals surface area contributed by atoms with Gasteiger partial charge in [0.1, 0.15) is 0 Å². The third-order valence-electron chi connectivity index (χ3n) is 2.88. The molecule has 0 radical (unpaired) electrons. The van der Waals surface area contributed by atoms with Gasteiger partial charge in [0.2, 0.25) is 5.91 Å². The molecular formula is C15H22N2O. The summed E-state index contributed by atoms with van der Waals surface area (Å²) in [7, 11) is 0. The Balaban J connectivity index is 2.75. The van der Waals surface area contributed by atoms with Crippen molar-refractivity contribution in [2.75, 3.05) is 13.1 Å². The minimum Gasteiger partial charge on any atom is -0.339 e. The zero-order valence-corrected chi connectivity index (χ0v) is 11.1. The second-order valence-electron chi connectivity index (χ2n) is 4.28. The minimum absolute atomic E-state index is 0.137. The van der Waals surface area contributed by atoms with E-state index >= 15 is 0 Å². The van der Waals surface area contributed by atoms with E-state index in [9.17, 15) is 4.79 Å². The van der Waals surface area contributed by atoms with Crippen LogP contribution in [0.2, 0.25) is 0 Å². The Labute approximate surface area is 109 Å². The predicted octanol–water partition coefficient (Wildman–Crippen LogP) is 2.11. The SMILES string of the molecule is C=CCN(CCC)C(=O)Cc1ccccc1CN. The molecule has 1 aromatic carbocycles. The first-order chi connectivity index (χ1) is 8.72. The lowest BCUT2D eigenvalue weighted by molar-refractivity contribution is -0.130. The molecule has 98 valence electrons. The highest BCUT2D eigenvalue weighted by Crippen LogP contribution is 2.10. The molecule has 0 saturated heterocycles. The molecule has 0 aliphatic rings. The maximum Gasteiger partial charge on any atom is 0.227 e. The van der Waals surface area contributed by atoms with Crippen LogP contribution in [0.4, 0.5) is 0 Å². The van der Waals surface area contributed by atoms with Crippen molar-refractivity contribution in [3.8, 4) is 0 Å². The van der Waals surface area contributed by atoms with Crippen LogP contribution < -0.4 is 5.73 Å². The number of benzene rings is 1. The number of carbonyl (C=O) groups is 1. The zero-order chi connectivity index (χ0) is 13.4. The third kappa shape index (κ3) is 4.00. The maximum atomic E-state index is 12.2. The summed E-state index contributed by atoms with van der Waals surface area (Å²) >= 11 is 0. The molecule has 0 bridgehead atoms. The van der Waals surface area contributed by atoms with Crippen LogP contribution in [0.25, 0.3) is 0 Å². The molecule has 3 nitrogen and oxygen atoms in total. The Bertz CT molecular complexity index is 401. The number of rotatable bonds is 7. The van der Waals surface area contributed by atoms with Crippen molar-refractivity contribution in [3.05, 3.63) is 48.0 Å². The molecule has 1 rings (SSSR count). The van der Waals surface area contributed by atoms with Gasteiger partial charge < -0.3 is 10.6 Å². The van der Waals surface area contributed by atoms with Gasteiger partial charge in [0.05, 0.1) is 6.42 Å². The summed E-state index contributed by atoms with van der Waals surface area (Å²) < 4.78 is 0. The lowest BCUT2D eigenvalue weighted by Gasteiger charge is -2.21. The Hall–Kier alpha value is -1.61.